The number of thioether (sulfide) groups is 1. The van der Waals surface area contributed by atoms with Crippen molar-refractivity contribution in [2.24, 2.45) is 0 Å². The van der Waals surface area contributed by atoms with E-state index in [0.29, 0.717) is 32.3 Å². The van der Waals surface area contributed by atoms with Crippen molar-refractivity contribution in [3.63, 3.8) is 0 Å². The molecule has 0 spiro atoms. The summed E-state index contributed by atoms with van der Waals surface area (Å²) in [5, 5.41) is 13.0. The molecule has 0 saturated carbocycles. The van der Waals surface area contributed by atoms with Gasteiger partial charge in [-0.15, -0.1) is 0 Å². The zero-order valence-corrected chi connectivity index (χ0v) is 25.7. The molecule has 0 radical (unpaired) electrons. The molecule has 4 aromatic rings. The summed E-state index contributed by atoms with van der Waals surface area (Å²) < 4.78 is 55.6. The molecule has 1 atom stereocenters. The average Bonchev–Trinajstić information content (AvgIpc) is 2.91. The molecule has 1 aromatic heterocycles. The first kappa shape index (κ1) is 30.9. The smallest absolute Gasteiger partial charge is 0.417 e. The number of nitrogens with zero attached hydrogens (tertiary/aromatic N) is 1. The second kappa shape index (κ2) is 11.3. The van der Waals surface area contributed by atoms with E-state index < -0.39 is 34.7 Å². The van der Waals surface area contributed by atoms with E-state index in [4.69, 9.17) is 0 Å². The van der Waals surface area contributed by atoms with Crippen molar-refractivity contribution in [1.82, 2.24) is 4.98 Å². The molecule has 4 rings (SSSR count). The highest BCUT2D eigenvalue weighted by molar-refractivity contribution is 8.08. The first-order valence-electron chi connectivity index (χ1n) is 13.3. The Morgan fingerprint density at radius 2 is 1.22 bits per heavy atom. The molecule has 1 N–H and O–H groups in total. The Bertz CT molecular complexity index is 1460. The van der Waals surface area contributed by atoms with Crippen molar-refractivity contribution in [3.05, 3.63) is 113 Å². The van der Waals surface area contributed by atoms with Gasteiger partial charge in [0.15, 0.2) is 7.14 Å². The summed E-state index contributed by atoms with van der Waals surface area (Å²) in [6.45, 7) is 12.0. The number of pyridine rings is 1. The lowest BCUT2D eigenvalue weighted by atomic mass is 9.78. The largest absolute Gasteiger partial charge is 0.507 e. The Labute approximate surface area is 244 Å². The third-order valence-electron chi connectivity index (χ3n) is 6.94. The maximum atomic E-state index is 15.7. The Kier molecular flexibility index (Phi) is 8.55. The average molecular weight is 598 g/mol. The molecule has 0 aliphatic heterocycles. The third kappa shape index (κ3) is 6.57. The van der Waals surface area contributed by atoms with Crippen LogP contribution >= 0.6 is 18.9 Å². The van der Waals surface area contributed by atoms with Crippen LogP contribution in [0.1, 0.15) is 68.8 Å². The fourth-order valence-electron chi connectivity index (χ4n) is 4.75. The van der Waals surface area contributed by atoms with E-state index in [0.717, 1.165) is 12.3 Å². The molecule has 0 fully saturated rings. The lowest BCUT2D eigenvalue weighted by molar-refractivity contribution is -0.137. The fraction of sp³-hybridized carbons (Fsp3) is 0.303. The topological polar surface area (TPSA) is 50.2 Å². The van der Waals surface area contributed by atoms with Crippen LogP contribution in [0.25, 0.3) is 0 Å². The molecule has 0 saturated heterocycles. The van der Waals surface area contributed by atoms with Crippen molar-refractivity contribution in [2.75, 3.05) is 0 Å². The van der Waals surface area contributed by atoms with Crippen LogP contribution in [-0.2, 0) is 21.6 Å². The minimum absolute atomic E-state index is 0.194. The number of benzene rings is 3. The van der Waals surface area contributed by atoms with Crippen LogP contribution in [0.2, 0.25) is 0 Å². The molecule has 0 bridgehead atoms. The zero-order chi connectivity index (χ0) is 30.2. The molecule has 8 heteroatoms. The van der Waals surface area contributed by atoms with Gasteiger partial charge >= 0.3 is 6.18 Å². The molecule has 1 heterocycles. The number of aromatic hydroxyl groups is 1. The van der Waals surface area contributed by atoms with Crippen LogP contribution in [0.4, 0.5) is 13.2 Å². The van der Waals surface area contributed by atoms with Gasteiger partial charge in [-0.2, -0.15) is 13.2 Å². The fourth-order valence-corrected chi connectivity index (χ4v) is 9.79. The van der Waals surface area contributed by atoms with E-state index in [2.05, 4.69) is 4.98 Å². The molecule has 0 amide bonds. The van der Waals surface area contributed by atoms with Crippen molar-refractivity contribution in [2.45, 2.75) is 68.6 Å². The molecule has 0 aliphatic rings. The summed E-state index contributed by atoms with van der Waals surface area (Å²) in [7, 11) is -3.51. The van der Waals surface area contributed by atoms with Gasteiger partial charge in [0.2, 0.25) is 0 Å². The normalized spacial score (nSPS) is 13.7. The molecule has 1 unspecified atom stereocenters. The van der Waals surface area contributed by atoms with E-state index in [9.17, 15) is 18.3 Å². The minimum Gasteiger partial charge on any atom is -0.507 e. The molecular weight excluding hydrogens is 562 g/mol. The van der Waals surface area contributed by atoms with E-state index >= 15 is 4.57 Å². The van der Waals surface area contributed by atoms with E-state index in [-0.39, 0.29) is 5.75 Å². The molecule has 3 nitrogen and oxygen atoms in total. The monoisotopic (exact) mass is 597 g/mol. The first-order chi connectivity index (χ1) is 19.0. The maximum Gasteiger partial charge on any atom is 0.417 e. The highest BCUT2D eigenvalue weighted by Gasteiger charge is 2.41. The molecule has 3 aromatic carbocycles. The molecule has 216 valence electrons. The number of rotatable bonds is 6. The number of aromatic nitrogens is 1. The van der Waals surface area contributed by atoms with Crippen LogP contribution in [0, 0.1) is 0 Å². The summed E-state index contributed by atoms with van der Waals surface area (Å²) in [5.41, 5.74) is 0.400. The predicted molar refractivity (Wildman–Crippen MR) is 163 cm³/mol. The van der Waals surface area contributed by atoms with Crippen LogP contribution in [0.3, 0.4) is 0 Å². The first-order valence-corrected chi connectivity index (χ1v) is 16.0. The Morgan fingerprint density at radius 3 is 1.59 bits per heavy atom. The second-order valence-corrected chi connectivity index (χ2v) is 16.5. The molecular formula is C33H35F3NO2PS. The van der Waals surface area contributed by atoms with Gasteiger partial charge in [-0.1, -0.05) is 114 Å². The van der Waals surface area contributed by atoms with E-state index in [1.54, 1.807) is 0 Å². The van der Waals surface area contributed by atoms with Gasteiger partial charge in [0.25, 0.3) is 0 Å². The molecule has 0 aliphatic carbocycles. The van der Waals surface area contributed by atoms with Gasteiger partial charge in [-0.3, -0.25) is 0 Å². The van der Waals surface area contributed by atoms with Gasteiger partial charge in [-0.05, 0) is 51.8 Å². The summed E-state index contributed by atoms with van der Waals surface area (Å²) in [6, 6.07) is 24.5. The van der Waals surface area contributed by atoms with Crippen LogP contribution in [-0.4, -0.2) is 10.1 Å². The third-order valence-corrected chi connectivity index (χ3v) is 12.2. The van der Waals surface area contributed by atoms with Crippen LogP contribution < -0.4 is 10.6 Å². The highest BCUT2D eigenvalue weighted by atomic mass is 32.2. The number of phenolic OH excluding ortho intramolecular Hbond substituents is 1. The number of hydrogen-bond acceptors (Lipinski definition) is 4. The summed E-state index contributed by atoms with van der Waals surface area (Å²) >= 11 is 1.18. The van der Waals surface area contributed by atoms with Gasteiger partial charge < -0.3 is 9.67 Å². The maximum absolute atomic E-state index is 15.7. The Balaban J connectivity index is 2.05. The van der Waals surface area contributed by atoms with Gasteiger partial charge in [0.05, 0.1) is 15.6 Å². The number of halogens is 3. The van der Waals surface area contributed by atoms with E-state index in [1.807, 2.05) is 114 Å². The predicted octanol–water partition coefficient (Wildman–Crippen LogP) is 9.21. The Hall–Kier alpha value is -3.02. The van der Waals surface area contributed by atoms with Crippen molar-refractivity contribution >= 4 is 29.5 Å². The zero-order valence-electron chi connectivity index (χ0n) is 24.0. The second-order valence-electron chi connectivity index (χ2n) is 12.1. The number of hydrogen-bond donors (Lipinski definition) is 1. The summed E-state index contributed by atoms with van der Waals surface area (Å²) in [6.07, 6.45) is -3.70. The lowest BCUT2D eigenvalue weighted by Gasteiger charge is -2.33. The summed E-state index contributed by atoms with van der Waals surface area (Å²) in [5.74, 6) is 0.194. The highest BCUT2D eigenvalue weighted by Crippen LogP contribution is 2.64. The number of alkyl halides is 3. The molecule has 41 heavy (non-hydrogen) atoms. The minimum atomic E-state index is -4.51. The van der Waals surface area contributed by atoms with Crippen LogP contribution in [0.5, 0.6) is 5.75 Å². The SMILES string of the molecule is CC(C)(C)c1cc(C(Sc2ccc(C(F)(F)F)cn2)P(=O)(c2ccccc2)c2ccccc2)cc(C(C)(C)C)c1O. The summed E-state index contributed by atoms with van der Waals surface area (Å²) in [4.78, 5) is 3.39. The van der Waals surface area contributed by atoms with Crippen molar-refractivity contribution < 1.29 is 22.8 Å². The van der Waals surface area contributed by atoms with E-state index in [1.165, 1.54) is 17.8 Å². The quantitative estimate of drug-likeness (QED) is 0.178. The Morgan fingerprint density at radius 1 is 0.756 bits per heavy atom. The number of phenols is 1. The van der Waals surface area contributed by atoms with Crippen molar-refractivity contribution in [1.29, 1.82) is 0 Å². The van der Waals surface area contributed by atoms with Crippen LogP contribution in [0.15, 0.2) is 96.2 Å². The van der Waals surface area contributed by atoms with Gasteiger partial charge in [-0.25, -0.2) is 4.98 Å². The van der Waals surface area contributed by atoms with Crippen molar-refractivity contribution in [3.8, 4) is 5.75 Å². The van der Waals surface area contributed by atoms with Gasteiger partial charge in [0.1, 0.15) is 5.75 Å². The standard InChI is InChI=1S/C33H35F3NO2PS/c1-31(2,3)26-19-22(20-27(29(26)38)32(4,5)6)30(41-28-18-17-23(21-37-28)33(34,35)36)40(39,24-13-9-7-10-14-24)25-15-11-8-12-16-25/h7-21,30,38H,1-6H3. The van der Waals surface area contributed by atoms with Gasteiger partial charge in [0, 0.05) is 16.8 Å². The lowest BCUT2D eigenvalue weighted by Crippen LogP contribution is -2.22.